The van der Waals surface area contributed by atoms with Gasteiger partial charge < -0.3 is 19.2 Å². The molecule has 5 aromatic rings. The number of aryl methyl sites for hydroxylation is 1. The number of imidazole rings is 1. The molecule has 0 atom stereocenters. The van der Waals surface area contributed by atoms with E-state index in [-0.39, 0.29) is 17.8 Å². The van der Waals surface area contributed by atoms with Crippen LogP contribution < -0.4 is 5.69 Å². The second kappa shape index (κ2) is 11.4. The Balaban J connectivity index is 1.06. The third-order valence-corrected chi connectivity index (χ3v) is 8.03. The highest BCUT2D eigenvalue weighted by molar-refractivity contribution is 5.81. The number of nitrogens with zero attached hydrogens (tertiary/aromatic N) is 4. The largest absolute Gasteiger partial charge is 0.448 e. The van der Waals surface area contributed by atoms with E-state index in [1.807, 2.05) is 34.9 Å². The summed E-state index contributed by atoms with van der Waals surface area (Å²) in [5.41, 5.74) is 5.32. The Bertz CT molecular complexity index is 1660. The van der Waals surface area contributed by atoms with Gasteiger partial charge in [-0.1, -0.05) is 60.7 Å². The zero-order valence-corrected chi connectivity index (χ0v) is 22.8. The molecule has 40 heavy (non-hydrogen) atoms. The maximum Gasteiger partial charge on any atom is 0.409 e. The molecule has 1 fully saturated rings. The molecule has 8 heteroatoms. The van der Waals surface area contributed by atoms with Gasteiger partial charge in [0.05, 0.1) is 11.0 Å². The van der Waals surface area contributed by atoms with E-state index in [2.05, 4.69) is 76.1 Å². The Labute approximate surface area is 233 Å². The van der Waals surface area contributed by atoms with E-state index in [4.69, 9.17) is 4.74 Å². The highest BCUT2D eigenvalue weighted by Crippen LogP contribution is 2.25. The van der Waals surface area contributed by atoms with Crippen LogP contribution in [0.15, 0.2) is 89.7 Å². The molecule has 8 nitrogen and oxygen atoms in total. The van der Waals surface area contributed by atoms with Crippen molar-refractivity contribution in [2.24, 2.45) is 7.05 Å². The molecule has 1 aliphatic rings. The fraction of sp³-hybridized carbons (Fsp3) is 0.312. The second-order valence-corrected chi connectivity index (χ2v) is 10.6. The first-order chi connectivity index (χ1) is 19.6. The number of hydrogen-bond acceptors (Lipinski definition) is 4. The highest BCUT2D eigenvalue weighted by Gasteiger charge is 2.27. The van der Waals surface area contributed by atoms with Crippen molar-refractivity contribution >= 4 is 28.0 Å². The predicted octanol–water partition coefficient (Wildman–Crippen LogP) is 5.30. The van der Waals surface area contributed by atoms with Crippen LogP contribution in [-0.4, -0.2) is 56.3 Å². The van der Waals surface area contributed by atoms with Gasteiger partial charge in [-0.05, 0) is 48.1 Å². The number of hydrogen-bond donors (Lipinski definition) is 1. The van der Waals surface area contributed by atoms with Crippen LogP contribution in [0.5, 0.6) is 0 Å². The summed E-state index contributed by atoms with van der Waals surface area (Å²) in [5, 5.41) is 1.23. The standard InChI is InChI=1S/C32H35N5O3/c1-34-27(21-25-11-5-7-13-29(25)34)23-35(22-24-9-3-2-4-10-24)19-20-40-32(39)36-17-15-26(16-18-36)37-30-14-8-6-12-28(30)33-31(37)38/h2-14,21,26H,15-20,22-23H2,1H3,(H,33,38). The van der Waals surface area contributed by atoms with Crippen LogP contribution in [0.25, 0.3) is 21.9 Å². The summed E-state index contributed by atoms with van der Waals surface area (Å²) in [6.45, 7) is 3.60. The molecule has 0 aliphatic carbocycles. The molecule has 1 aliphatic heterocycles. The predicted molar refractivity (Wildman–Crippen MR) is 157 cm³/mol. The Morgan fingerprint density at radius 3 is 2.40 bits per heavy atom. The monoisotopic (exact) mass is 537 g/mol. The summed E-state index contributed by atoms with van der Waals surface area (Å²) in [6, 6.07) is 28.8. The van der Waals surface area contributed by atoms with E-state index in [0.717, 1.165) is 37.0 Å². The number of para-hydroxylation sites is 3. The Morgan fingerprint density at radius 2 is 1.62 bits per heavy atom. The topological polar surface area (TPSA) is 75.5 Å². The smallest absolute Gasteiger partial charge is 0.409 e. The van der Waals surface area contributed by atoms with Gasteiger partial charge in [-0.2, -0.15) is 0 Å². The number of aromatic nitrogens is 3. The minimum atomic E-state index is -0.283. The summed E-state index contributed by atoms with van der Waals surface area (Å²) in [4.78, 5) is 32.6. The average Bonchev–Trinajstić information content (AvgIpc) is 3.49. The van der Waals surface area contributed by atoms with Gasteiger partial charge in [-0.25, -0.2) is 9.59 Å². The van der Waals surface area contributed by atoms with Gasteiger partial charge in [0.15, 0.2) is 0 Å². The summed E-state index contributed by atoms with van der Waals surface area (Å²) >= 11 is 0. The van der Waals surface area contributed by atoms with Crippen LogP contribution in [0, 0.1) is 0 Å². The van der Waals surface area contributed by atoms with Crippen LogP contribution in [0.3, 0.4) is 0 Å². The summed E-state index contributed by atoms with van der Waals surface area (Å²) < 4.78 is 9.84. The van der Waals surface area contributed by atoms with Crippen molar-refractivity contribution in [2.75, 3.05) is 26.2 Å². The lowest BCUT2D eigenvalue weighted by molar-refractivity contribution is 0.0767. The fourth-order valence-electron chi connectivity index (χ4n) is 5.88. The fourth-order valence-corrected chi connectivity index (χ4v) is 5.88. The van der Waals surface area contributed by atoms with E-state index >= 15 is 0 Å². The molecule has 1 saturated heterocycles. The van der Waals surface area contributed by atoms with Crippen molar-refractivity contribution in [1.82, 2.24) is 23.9 Å². The maximum absolute atomic E-state index is 12.9. The zero-order chi connectivity index (χ0) is 27.5. The third kappa shape index (κ3) is 5.40. The minimum absolute atomic E-state index is 0.0647. The normalized spacial score (nSPS) is 14.4. The number of likely N-dealkylation sites (tertiary alicyclic amines) is 1. The van der Waals surface area contributed by atoms with Gasteiger partial charge >= 0.3 is 11.8 Å². The quantitative estimate of drug-likeness (QED) is 0.292. The first kappa shape index (κ1) is 26.0. The molecule has 3 aromatic carbocycles. The van der Waals surface area contributed by atoms with Crippen molar-refractivity contribution in [1.29, 1.82) is 0 Å². The maximum atomic E-state index is 12.9. The van der Waals surface area contributed by atoms with Crippen LogP contribution in [0.2, 0.25) is 0 Å². The third-order valence-electron chi connectivity index (χ3n) is 8.03. The minimum Gasteiger partial charge on any atom is -0.448 e. The number of nitrogens with one attached hydrogen (secondary N) is 1. The van der Waals surface area contributed by atoms with Crippen molar-refractivity contribution in [3.05, 3.63) is 107 Å². The van der Waals surface area contributed by atoms with Crippen molar-refractivity contribution in [2.45, 2.75) is 32.0 Å². The summed E-state index contributed by atoms with van der Waals surface area (Å²) in [7, 11) is 2.10. The van der Waals surface area contributed by atoms with Gasteiger partial charge in [0, 0.05) is 57.0 Å². The van der Waals surface area contributed by atoms with Crippen LogP contribution in [0.1, 0.15) is 30.1 Å². The second-order valence-electron chi connectivity index (χ2n) is 10.6. The number of aromatic amines is 1. The molecule has 206 valence electrons. The number of carbonyl (C=O) groups is 1. The van der Waals surface area contributed by atoms with Crippen LogP contribution in [-0.2, 0) is 24.9 Å². The number of piperidine rings is 1. The molecule has 0 radical (unpaired) electrons. The van der Waals surface area contributed by atoms with Crippen molar-refractivity contribution in [3.63, 3.8) is 0 Å². The Morgan fingerprint density at radius 1 is 0.925 bits per heavy atom. The SMILES string of the molecule is Cn1c(CN(CCOC(=O)N2CCC(n3c(=O)[nH]c4ccccc43)CC2)Cc2ccccc2)cc2ccccc21. The number of carbonyl (C=O) groups excluding carboxylic acids is 1. The molecule has 0 spiro atoms. The molecule has 1 amide bonds. The van der Waals surface area contributed by atoms with Crippen molar-refractivity contribution < 1.29 is 9.53 Å². The highest BCUT2D eigenvalue weighted by atomic mass is 16.6. The van der Waals surface area contributed by atoms with Gasteiger partial charge in [0.25, 0.3) is 0 Å². The number of fused-ring (bicyclic) bond motifs is 2. The number of H-pyrrole nitrogens is 1. The average molecular weight is 538 g/mol. The summed E-state index contributed by atoms with van der Waals surface area (Å²) in [6.07, 6.45) is 1.16. The Hall–Kier alpha value is -4.30. The van der Waals surface area contributed by atoms with Gasteiger partial charge in [0.2, 0.25) is 0 Å². The van der Waals surface area contributed by atoms with E-state index in [9.17, 15) is 9.59 Å². The van der Waals surface area contributed by atoms with E-state index in [1.54, 1.807) is 4.90 Å². The first-order valence-electron chi connectivity index (χ1n) is 14.0. The molecule has 6 rings (SSSR count). The lowest BCUT2D eigenvalue weighted by atomic mass is 10.0. The van der Waals surface area contributed by atoms with Gasteiger partial charge in [-0.3, -0.25) is 9.47 Å². The molecule has 0 bridgehead atoms. The number of amides is 1. The molecular formula is C32H35N5O3. The molecular weight excluding hydrogens is 502 g/mol. The molecule has 2 aromatic heterocycles. The number of rotatable bonds is 8. The summed E-state index contributed by atoms with van der Waals surface area (Å²) in [5.74, 6) is 0. The van der Waals surface area contributed by atoms with Gasteiger partial charge in [-0.15, -0.1) is 0 Å². The molecule has 1 N–H and O–H groups in total. The van der Waals surface area contributed by atoms with Crippen LogP contribution in [0.4, 0.5) is 4.79 Å². The molecule has 3 heterocycles. The zero-order valence-electron chi connectivity index (χ0n) is 22.8. The lowest BCUT2D eigenvalue weighted by Crippen LogP contribution is -2.41. The number of benzene rings is 3. The van der Waals surface area contributed by atoms with E-state index < -0.39 is 0 Å². The van der Waals surface area contributed by atoms with Crippen molar-refractivity contribution in [3.8, 4) is 0 Å². The number of ether oxygens (including phenoxy) is 1. The van der Waals surface area contributed by atoms with Gasteiger partial charge in [0.1, 0.15) is 6.61 Å². The Kier molecular flexibility index (Phi) is 7.42. The lowest BCUT2D eigenvalue weighted by Gasteiger charge is -2.32. The first-order valence-corrected chi connectivity index (χ1v) is 14.0. The molecule has 0 unspecified atom stereocenters. The van der Waals surface area contributed by atoms with Crippen LogP contribution >= 0.6 is 0 Å². The van der Waals surface area contributed by atoms with E-state index in [0.29, 0.717) is 26.2 Å². The molecule has 0 saturated carbocycles. The van der Waals surface area contributed by atoms with E-state index in [1.165, 1.54) is 22.2 Å².